The molecule has 1 aliphatic rings. The van der Waals surface area contributed by atoms with Gasteiger partial charge in [-0.3, -0.25) is 0 Å². The predicted octanol–water partition coefficient (Wildman–Crippen LogP) is 3.91. The molecule has 1 saturated carbocycles. The number of rotatable bonds is 8. The molecule has 1 nitrogen and oxygen atoms in total. The molecule has 1 fully saturated rings. The van der Waals surface area contributed by atoms with Gasteiger partial charge in [-0.25, -0.2) is 0 Å². The van der Waals surface area contributed by atoms with Crippen LogP contribution in [0, 0.1) is 6.92 Å². The molecule has 0 unspecified atom stereocenters. The average Bonchev–Trinajstić information content (AvgIpc) is 3.01. The summed E-state index contributed by atoms with van der Waals surface area (Å²) in [5.74, 6) is 0. The predicted molar refractivity (Wildman–Crippen MR) is 72.3 cm³/mol. The number of hydrogen-bond acceptors (Lipinski definition) is 2. The second-order valence-electron chi connectivity index (χ2n) is 4.92. The normalized spacial score (nSPS) is 15.6. The van der Waals surface area contributed by atoms with Crippen molar-refractivity contribution >= 4 is 11.3 Å². The van der Waals surface area contributed by atoms with Gasteiger partial charge in [-0.05, 0) is 62.6 Å². The van der Waals surface area contributed by atoms with Crippen LogP contribution in [0.1, 0.15) is 49.0 Å². The van der Waals surface area contributed by atoms with Crippen LogP contribution in [-0.2, 0) is 6.42 Å². The van der Waals surface area contributed by atoms with Crippen LogP contribution in [0.15, 0.2) is 11.4 Å². The molecule has 1 N–H and O–H groups in total. The van der Waals surface area contributed by atoms with Gasteiger partial charge in [0, 0.05) is 10.9 Å². The first kappa shape index (κ1) is 12.1. The van der Waals surface area contributed by atoms with Crippen LogP contribution in [0.2, 0.25) is 0 Å². The second-order valence-corrected chi connectivity index (χ2v) is 5.92. The summed E-state index contributed by atoms with van der Waals surface area (Å²) in [7, 11) is 0. The van der Waals surface area contributed by atoms with Crippen molar-refractivity contribution in [3.05, 3.63) is 21.9 Å². The lowest BCUT2D eigenvalue weighted by Crippen LogP contribution is -2.17. The molecule has 0 amide bonds. The summed E-state index contributed by atoms with van der Waals surface area (Å²) in [5.41, 5.74) is 1.49. The molecule has 0 saturated heterocycles. The fourth-order valence-corrected chi connectivity index (χ4v) is 2.97. The average molecular weight is 237 g/mol. The molecule has 0 aromatic carbocycles. The van der Waals surface area contributed by atoms with Crippen LogP contribution in [-0.4, -0.2) is 12.6 Å². The first-order valence-corrected chi connectivity index (χ1v) is 7.50. The molecule has 0 aliphatic heterocycles. The third kappa shape index (κ3) is 4.26. The number of hydrogen-bond donors (Lipinski definition) is 1. The summed E-state index contributed by atoms with van der Waals surface area (Å²) < 4.78 is 0. The van der Waals surface area contributed by atoms with Crippen LogP contribution in [0.5, 0.6) is 0 Å². The molecule has 0 bridgehead atoms. The van der Waals surface area contributed by atoms with Crippen molar-refractivity contribution in [2.24, 2.45) is 0 Å². The van der Waals surface area contributed by atoms with Gasteiger partial charge >= 0.3 is 0 Å². The fraction of sp³-hybridized carbons (Fsp3) is 0.714. The molecule has 0 atom stereocenters. The molecule has 0 radical (unpaired) electrons. The smallest absolute Gasteiger partial charge is 0.00743 e. The molecule has 1 aliphatic carbocycles. The zero-order valence-corrected chi connectivity index (χ0v) is 11.1. The maximum Gasteiger partial charge on any atom is 0.00743 e. The van der Waals surface area contributed by atoms with Gasteiger partial charge in [0.1, 0.15) is 0 Å². The Morgan fingerprint density at radius 1 is 1.25 bits per heavy atom. The maximum atomic E-state index is 3.57. The summed E-state index contributed by atoms with van der Waals surface area (Å²) >= 11 is 1.92. The highest BCUT2D eigenvalue weighted by atomic mass is 32.1. The minimum Gasteiger partial charge on any atom is -0.314 e. The molecule has 2 heteroatoms. The molecule has 16 heavy (non-hydrogen) atoms. The van der Waals surface area contributed by atoms with E-state index in [0.29, 0.717) is 0 Å². The maximum absolute atomic E-state index is 3.57. The lowest BCUT2D eigenvalue weighted by atomic mass is 10.1. The third-order valence-electron chi connectivity index (χ3n) is 3.31. The van der Waals surface area contributed by atoms with Crippen LogP contribution in [0.4, 0.5) is 0 Å². The van der Waals surface area contributed by atoms with Crippen molar-refractivity contribution in [1.82, 2.24) is 5.32 Å². The summed E-state index contributed by atoms with van der Waals surface area (Å²) in [6.07, 6.45) is 9.63. The van der Waals surface area contributed by atoms with E-state index < -0.39 is 0 Å². The molecule has 2 rings (SSSR count). The summed E-state index contributed by atoms with van der Waals surface area (Å²) in [6.45, 7) is 3.47. The lowest BCUT2D eigenvalue weighted by Gasteiger charge is -2.03. The number of aryl methyl sites for hydroxylation is 2. The van der Waals surface area contributed by atoms with E-state index in [1.807, 2.05) is 11.3 Å². The van der Waals surface area contributed by atoms with E-state index in [9.17, 15) is 0 Å². The van der Waals surface area contributed by atoms with E-state index in [4.69, 9.17) is 0 Å². The van der Waals surface area contributed by atoms with Crippen LogP contribution >= 0.6 is 11.3 Å². The van der Waals surface area contributed by atoms with Gasteiger partial charge in [0.15, 0.2) is 0 Å². The van der Waals surface area contributed by atoms with Crippen LogP contribution in [0.3, 0.4) is 0 Å². The Morgan fingerprint density at radius 2 is 2.06 bits per heavy atom. The van der Waals surface area contributed by atoms with Gasteiger partial charge in [0.25, 0.3) is 0 Å². The van der Waals surface area contributed by atoms with Gasteiger partial charge in [0.2, 0.25) is 0 Å². The fourth-order valence-electron chi connectivity index (χ4n) is 2.02. The molecule has 1 heterocycles. The third-order valence-corrected chi connectivity index (χ3v) is 4.39. The lowest BCUT2D eigenvalue weighted by molar-refractivity contribution is 0.586. The highest BCUT2D eigenvalue weighted by Crippen LogP contribution is 2.19. The van der Waals surface area contributed by atoms with E-state index in [1.54, 1.807) is 4.88 Å². The van der Waals surface area contributed by atoms with Crippen molar-refractivity contribution in [2.75, 3.05) is 6.54 Å². The molecular weight excluding hydrogens is 214 g/mol. The topological polar surface area (TPSA) is 12.0 Å². The van der Waals surface area contributed by atoms with E-state index in [0.717, 1.165) is 6.04 Å². The second kappa shape index (κ2) is 6.41. The van der Waals surface area contributed by atoms with E-state index >= 15 is 0 Å². The Morgan fingerprint density at radius 3 is 2.75 bits per heavy atom. The van der Waals surface area contributed by atoms with Gasteiger partial charge in [-0.15, -0.1) is 11.3 Å². The number of unbranched alkanes of at least 4 members (excludes halogenated alkanes) is 3. The van der Waals surface area contributed by atoms with Gasteiger partial charge in [0.05, 0.1) is 0 Å². The highest BCUT2D eigenvalue weighted by molar-refractivity contribution is 7.10. The minimum absolute atomic E-state index is 0.883. The first-order valence-electron chi connectivity index (χ1n) is 6.62. The molecular formula is C14H23NS. The van der Waals surface area contributed by atoms with Gasteiger partial charge in [-0.1, -0.05) is 12.8 Å². The highest BCUT2D eigenvalue weighted by Gasteiger charge is 2.19. The zero-order chi connectivity index (χ0) is 11.2. The summed E-state index contributed by atoms with van der Waals surface area (Å²) in [5, 5.41) is 5.78. The van der Waals surface area contributed by atoms with Gasteiger partial charge < -0.3 is 5.32 Å². The van der Waals surface area contributed by atoms with E-state index in [1.165, 1.54) is 57.1 Å². The van der Waals surface area contributed by atoms with Crippen molar-refractivity contribution in [3.8, 4) is 0 Å². The van der Waals surface area contributed by atoms with E-state index in [-0.39, 0.29) is 0 Å². The molecule has 1 aromatic rings. The molecule has 90 valence electrons. The van der Waals surface area contributed by atoms with Crippen molar-refractivity contribution in [3.63, 3.8) is 0 Å². The largest absolute Gasteiger partial charge is 0.314 e. The Balaban J connectivity index is 1.44. The quantitative estimate of drug-likeness (QED) is 0.676. The SMILES string of the molecule is Cc1ccsc1CCCCCCNC1CC1. The zero-order valence-electron chi connectivity index (χ0n) is 10.3. The van der Waals surface area contributed by atoms with Crippen molar-refractivity contribution in [2.45, 2.75) is 57.9 Å². The number of nitrogens with one attached hydrogen (secondary N) is 1. The van der Waals surface area contributed by atoms with Crippen LogP contribution < -0.4 is 5.32 Å². The number of thiophene rings is 1. The summed E-state index contributed by atoms with van der Waals surface area (Å²) in [4.78, 5) is 1.59. The Kier molecular flexibility index (Phi) is 4.86. The minimum atomic E-state index is 0.883. The summed E-state index contributed by atoms with van der Waals surface area (Å²) in [6, 6.07) is 3.12. The Hall–Kier alpha value is -0.340. The Labute approximate surface area is 103 Å². The van der Waals surface area contributed by atoms with E-state index in [2.05, 4.69) is 23.7 Å². The van der Waals surface area contributed by atoms with Crippen molar-refractivity contribution in [1.29, 1.82) is 0 Å². The van der Waals surface area contributed by atoms with Gasteiger partial charge in [-0.2, -0.15) is 0 Å². The monoisotopic (exact) mass is 237 g/mol. The first-order chi connectivity index (χ1) is 7.86. The van der Waals surface area contributed by atoms with Crippen LogP contribution in [0.25, 0.3) is 0 Å². The molecule has 1 aromatic heterocycles. The Bertz CT molecular complexity index is 301. The standard InChI is InChI=1S/C14H23NS/c1-12-9-11-16-14(12)6-4-2-3-5-10-15-13-7-8-13/h9,11,13,15H,2-8,10H2,1H3. The van der Waals surface area contributed by atoms with Crippen molar-refractivity contribution < 1.29 is 0 Å². The molecule has 0 spiro atoms.